The maximum Gasteiger partial charge on any atom is 0.236 e. The van der Waals surface area contributed by atoms with Gasteiger partial charge in [-0.2, -0.15) is 0 Å². The molecule has 1 amide bonds. The van der Waals surface area contributed by atoms with Crippen LogP contribution < -0.4 is 21.9 Å². The van der Waals surface area contributed by atoms with Crippen LogP contribution in [0.4, 0.5) is 0 Å². The van der Waals surface area contributed by atoms with Crippen LogP contribution in [0, 0.1) is 0 Å². The van der Waals surface area contributed by atoms with Crippen molar-refractivity contribution in [3.63, 3.8) is 0 Å². The highest BCUT2D eigenvalue weighted by atomic mass is 16.1. The van der Waals surface area contributed by atoms with Crippen LogP contribution in [0.25, 0.3) is 0 Å². The molecule has 0 heterocycles. The van der Waals surface area contributed by atoms with Crippen LogP contribution in [0.1, 0.15) is 25.7 Å². The Labute approximate surface area is 96.1 Å². The van der Waals surface area contributed by atoms with Gasteiger partial charge in [0, 0.05) is 18.4 Å². The van der Waals surface area contributed by atoms with Crippen molar-refractivity contribution in [1.82, 2.24) is 16.2 Å². The predicted octanol–water partition coefficient (Wildman–Crippen LogP) is 0.127. The van der Waals surface area contributed by atoms with E-state index in [0.717, 1.165) is 37.1 Å². The topological polar surface area (TPSA) is 79.2 Å². The van der Waals surface area contributed by atoms with Gasteiger partial charge in [0.1, 0.15) is 0 Å². The summed E-state index contributed by atoms with van der Waals surface area (Å²) in [7, 11) is 1.83. The Balaban J connectivity index is 2.66. The Hall–Kier alpha value is -1.49. The van der Waals surface area contributed by atoms with Gasteiger partial charge in [-0.25, -0.2) is 5.43 Å². The lowest BCUT2D eigenvalue weighted by molar-refractivity contribution is -0.117. The molecule has 0 saturated heterocycles. The molecule has 0 atom stereocenters. The fourth-order valence-electron chi connectivity index (χ4n) is 1.67. The number of hydrogen-bond donors (Lipinski definition) is 4. The molecule has 1 aliphatic rings. The minimum Gasteiger partial charge on any atom is -0.378 e. The maximum absolute atomic E-state index is 10.7. The normalized spacial score (nSPS) is 16.6. The molecule has 0 radical (unpaired) electrons. The molecule has 0 aromatic heterocycles. The largest absolute Gasteiger partial charge is 0.378 e. The summed E-state index contributed by atoms with van der Waals surface area (Å²) in [5, 5.41) is 3.09. The number of rotatable bonds is 5. The predicted molar refractivity (Wildman–Crippen MR) is 64.0 cm³/mol. The standard InChI is InChI=1S/C11H20N4O/c1-13-15-10-7-5-3-2-4-6-9(10)14-8-11(12)16/h2-3,13-15H,4-8H2,1H3,(H2,12,16). The molecule has 0 spiro atoms. The minimum absolute atomic E-state index is 0.188. The van der Waals surface area contributed by atoms with Crippen LogP contribution in [-0.2, 0) is 4.79 Å². The van der Waals surface area contributed by atoms with Crippen molar-refractivity contribution in [3.05, 3.63) is 23.5 Å². The summed E-state index contributed by atoms with van der Waals surface area (Å²) in [6.07, 6.45) is 8.16. The van der Waals surface area contributed by atoms with Crippen molar-refractivity contribution in [2.45, 2.75) is 25.7 Å². The van der Waals surface area contributed by atoms with Crippen molar-refractivity contribution in [2.75, 3.05) is 13.6 Å². The minimum atomic E-state index is -0.339. The highest BCUT2D eigenvalue weighted by Gasteiger charge is 2.08. The molecule has 0 saturated carbocycles. The molecule has 0 bridgehead atoms. The summed E-state index contributed by atoms with van der Waals surface area (Å²) in [6, 6.07) is 0. The van der Waals surface area contributed by atoms with Gasteiger partial charge in [0.05, 0.1) is 6.54 Å². The summed E-state index contributed by atoms with van der Waals surface area (Å²) < 4.78 is 0. The number of amides is 1. The molecule has 5 heteroatoms. The van der Waals surface area contributed by atoms with Gasteiger partial charge < -0.3 is 16.5 Å². The molecule has 1 rings (SSSR count). The first-order chi connectivity index (χ1) is 7.74. The number of nitrogens with one attached hydrogen (secondary N) is 3. The quantitative estimate of drug-likeness (QED) is 0.395. The Morgan fingerprint density at radius 1 is 1.31 bits per heavy atom. The second-order valence-corrected chi connectivity index (χ2v) is 3.70. The Kier molecular flexibility index (Phi) is 5.42. The number of nitrogens with two attached hydrogens (primary N) is 1. The van der Waals surface area contributed by atoms with Crippen LogP contribution in [0.15, 0.2) is 23.5 Å². The monoisotopic (exact) mass is 224 g/mol. The van der Waals surface area contributed by atoms with E-state index in [1.165, 1.54) is 0 Å². The molecule has 5 nitrogen and oxygen atoms in total. The molecule has 1 aliphatic carbocycles. The number of carbonyl (C=O) groups is 1. The van der Waals surface area contributed by atoms with E-state index in [0.29, 0.717) is 0 Å². The zero-order valence-electron chi connectivity index (χ0n) is 9.68. The van der Waals surface area contributed by atoms with Gasteiger partial charge in [0.2, 0.25) is 5.91 Å². The van der Waals surface area contributed by atoms with Crippen LogP contribution in [-0.4, -0.2) is 19.5 Å². The number of hydrazine groups is 1. The number of primary amides is 1. The number of allylic oxidation sites excluding steroid dienone is 4. The van der Waals surface area contributed by atoms with Crippen LogP contribution in [0.2, 0.25) is 0 Å². The van der Waals surface area contributed by atoms with Crippen molar-refractivity contribution in [1.29, 1.82) is 0 Å². The van der Waals surface area contributed by atoms with Gasteiger partial charge in [-0.15, -0.1) is 0 Å². The molecule has 0 aromatic rings. The highest BCUT2D eigenvalue weighted by Crippen LogP contribution is 2.15. The van der Waals surface area contributed by atoms with Gasteiger partial charge in [-0.1, -0.05) is 12.2 Å². The van der Waals surface area contributed by atoms with Crippen molar-refractivity contribution >= 4 is 5.91 Å². The van der Waals surface area contributed by atoms with Gasteiger partial charge in [0.15, 0.2) is 0 Å². The van der Waals surface area contributed by atoms with Crippen LogP contribution in [0.5, 0.6) is 0 Å². The zero-order valence-corrected chi connectivity index (χ0v) is 9.68. The second-order valence-electron chi connectivity index (χ2n) is 3.70. The third-order valence-electron chi connectivity index (χ3n) is 2.40. The van der Waals surface area contributed by atoms with E-state index in [1.54, 1.807) is 0 Å². The third-order valence-corrected chi connectivity index (χ3v) is 2.40. The Bertz CT molecular complexity index is 296. The smallest absolute Gasteiger partial charge is 0.236 e. The van der Waals surface area contributed by atoms with E-state index in [2.05, 4.69) is 28.3 Å². The van der Waals surface area contributed by atoms with E-state index < -0.39 is 0 Å². The van der Waals surface area contributed by atoms with Gasteiger partial charge in [-0.05, 0) is 25.7 Å². The Morgan fingerprint density at radius 3 is 2.50 bits per heavy atom. The molecule has 16 heavy (non-hydrogen) atoms. The average Bonchev–Trinajstić information content (AvgIpc) is 2.21. The molecular formula is C11H20N4O. The molecule has 0 aliphatic heterocycles. The summed E-state index contributed by atoms with van der Waals surface area (Å²) >= 11 is 0. The third kappa shape index (κ3) is 4.35. The molecule has 90 valence electrons. The molecule has 0 unspecified atom stereocenters. The summed E-state index contributed by atoms with van der Waals surface area (Å²) in [5.74, 6) is -0.339. The highest BCUT2D eigenvalue weighted by molar-refractivity contribution is 5.76. The molecule has 0 aromatic carbocycles. The summed E-state index contributed by atoms with van der Waals surface area (Å²) in [6.45, 7) is 0.188. The van der Waals surface area contributed by atoms with Gasteiger partial charge in [-0.3, -0.25) is 4.79 Å². The first-order valence-electron chi connectivity index (χ1n) is 5.56. The Morgan fingerprint density at radius 2 is 1.94 bits per heavy atom. The van der Waals surface area contributed by atoms with Crippen molar-refractivity contribution < 1.29 is 4.79 Å². The summed E-state index contributed by atoms with van der Waals surface area (Å²) in [5.41, 5.74) is 13.3. The first-order valence-corrected chi connectivity index (χ1v) is 5.56. The SMILES string of the molecule is CNNC1=C(NCC(N)=O)CCC=CCC1. The fourth-order valence-corrected chi connectivity index (χ4v) is 1.67. The maximum atomic E-state index is 10.7. The summed E-state index contributed by atoms with van der Waals surface area (Å²) in [4.78, 5) is 10.7. The van der Waals surface area contributed by atoms with Crippen molar-refractivity contribution in [3.8, 4) is 0 Å². The van der Waals surface area contributed by atoms with E-state index in [-0.39, 0.29) is 12.5 Å². The molecule has 5 N–H and O–H groups in total. The van der Waals surface area contributed by atoms with E-state index in [1.807, 2.05) is 7.05 Å². The average molecular weight is 224 g/mol. The fraction of sp³-hybridized carbons (Fsp3) is 0.545. The van der Waals surface area contributed by atoms with E-state index >= 15 is 0 Å². The van der Waals surface area contributed by atoms with Crippen LogP contribution in [0.3, 0.4) is 0 Å². The van der Waals surface area contributed by atoms with Crippen molar-refractivity contribution in [2.24, 2.45) is 5.73 Å². The second kappa shape index (κ2) is 6.90. The lowest BCUT2D eigenvalue weighted by Gasteiger charge is -2.18. The van der Waals surface area contributed by atoms with Gasteiger partial charge in [0.25, 0.3) is 0 Å². The van der Waals surface area contributed by atoms with E-state index in [9.17, 15) is 4.79 Å². The first kappa shape index (κ1) is 12.6. The van der Waals surface area contributed by atoms with Crippen LogP contribution >= 0.6 is 0 Å². The molecular weight excluding hydrogens is 204 g/mol. The lowest BCUT2D eigenvalue weighted by atomic mass is 10.1. The number of carbonyl (C=O) groups excluding carboxylic acids is 1. The zero-order chi connectivity index (χ0) is 11.8. The van der Waals surface area contributed by atoms with Gasteiger partial charge >= 0.3 is 0 Å². The van der Waals surface area contributed by atoms with E-state index in [4.69, 9.17) is 5.73 Å². The molecule has 0 fully saturated rings. The lowest BCUT2D eigenvalue weighted by Crippen LogP contribution is -2.34. The number of hydrogen-bond acceptors (Lipinski definition) is 4.